The predicted molar refractivity (Wildman–Crippen MR) is 71.3 cm³/mol. The summed E-state index contributed by atoms with van der Waals surface area (Å²) in [6, 6.07) is 15.6. The smallest absolute Gasteiger partial charge is 0.313 e. The summed E-state index contributed by atoms with van der Waals surface area (Å²) in [6.45, 7) is 0. The molecule has 0 unspecified atom stereocenters. The molecule has 0 N–H and O–H groups in total. The normalized spacial score (nSPS) is 11.9. The van der Waals surface area contributed by atoms with E-state index in [9.17, 15) is 9.18 Å². The summed E-state index contributed by atoms with van der Waals surface area (Å²) in [4.78, 5) is 11.9. The molecule has 0 spiro atoms. The predicted octanol–water partition coefficient (Wildman–Crippen LogP) is 3.33. The zero-order valence-electron chi connectivity index (χ0n) is 10.7. The zero-order chi connectivity index (χ0) is 13.7. The molecule has 0 saturated heterocycles. The van der Waals surface area contributed by atoms with E-state index in [0.29, 0.717) is 6.42 Å². The molecule has 0 aromatic heterocycles. The lowest BCUT2D eigenvalue weighted by Crippen LogP contribution is -2.16. The monoisotopic (exact) mass is 258 g/mol. The van der Waals surface area contributed by atoms with Crippen molar-refractivity contribution < 1.29 is 13.9 Å². The molecule has 3 heteroatoms. The van der Waals surface area contributed by atoms with Crippen molar-refractivity contribution in [3.63, 3.8) is 0 Å². The Morgan fingerprint density at radius 2 is 1.74 bits per heavy atom. The molecule has 0 aliphatic carbocycles. The van der Waals surface area contributed by atoms with Crippen molar-refractivity contribution in [2.45, 2.75) is 12.3 Å². The highest BCUT2D eigenvalue weighted by Crippen LogP contribution is 2.22. The Labute approximate surface area is 111 Å². The van der Waals surface area contributed by atoms with Gasteiger partial charge in [0.2, 0.25) is 0 Å². The molecule has 0 amide bonds. The van der Waals surface area contributed by atoms with Crippen LogP contribution in [0.2, 0.25) is 0 Å². The lowest BCUT2D eigenvalue weighted by molar-refractivity contribution is -0.142. The largest absolute Gasteiger partial charge is 0.469 e. The van der Waals surface area contributed by atoms with Crippen molar-refractivity contribution in [1.82, 2.24) is 0 Å². The van der Waals surface area contributed by atoms with Gasteiger partial charge >= 0.3 is 5.97 Å². The molecule has 0 aliphatic rings. The highest BCUT2D eigenvalue weighted by atomic mass is 19.1. The molecule has 2 aromatic carbocycles. The summed E-state index contributed by atoms with van der Waals surface area (Å²) in [5, 5.41) is 0. The van der Waals surface area contributed by atoms with Crippen molar-refractivity contribution in [1.29, 1.82) is 0 Å². The van der Waals surface area contributed by atoms with Crippen LogP contribution in [-0.2, 0) is 16.0 Å². The van der Waals surface area contributed by atoms with Crippen molar-refractivity contribution >= 4 is 5.97 Å². The van der Waals surface area contributed by atoms with Gasteiger partial charge in [0.25, 0.3) is 0 Å². The maximum Gasteiger partial charge on any atom is 0.313 e. The number of carbonyl (C=O) groups is 1. The number of hydrogen-bond acceptors (Lipinski definition) is 2. The van der Waals surface area contributed by atoms with Gasteiger partial charge in [0.05, 0.1) is 13.0 Å². The number of carbonyl (C=O) groups excluding carboxylic acids is 1. The van der Waals surface area contributed by atoms with Crippen molar-refractivity contribution in [2.24, 2.45) is 0 Å². The average molecular weight is 258 g/mol. The van der Waals surface area contributed by atoms with Gasteiger partial charge in [-0.1, -0.05) is 42.5 Å². The van der Waals surface area contributed by atoms with E-state index in [4.69, 9.17) is 4.74 Å². The fraction of sp³-hybridized carbons (Fsp3) is 0.188. The van der Waals surface area contributed by atoms with Crippen LogP contribution in [0.3, 0.4) is 0 Å². The summed E-state index contributed by atoms with van der Waals surface area (Å²) < 4.78 is 17.7. The van der Waals surface area contributed by atoms with Gasteiger partial charge in [-0.2, -0.15) is 0 Å². The fourth-order valence-corrected chi connectivity index (χ4v) is 2.02. The first-order valence-corrected chi connectivity index (χ1v) is 6.08. The first-order chi connectivity index (χ1) is 9.20. The molecule has 0 saturated carbocycles. The third-order valence-electron chi connectivity index (χ3n) is 3.04. The third-order valence-corrected chi connectivity index (χ3v) is 3.04. The van der Waals surface area contributed by atoms with Gasteiger partial charge in [0.1, 0.15) is 5.82 Å². The van der Waals surface area contributed by atoms with Gasteiger partial charge in [-0.05, 0) is 29.7 Å². The van der Waals surface area contributed by atoms with Gasteiger partial charge in [-0.25, -0.2) is 4.39 Å². The highest BCUT2D eigenvalue weighted by molar-refractivity contribution is 5.78. The molecule has 0 heterocycles. The number of ether oxygens (including phenoxy) is 1. The second-order valence-corrected chi connectivity index (χ2v) is 4.32. The first-order valence-electron chi connectivity index (χ1n) is 6.08. The second kappa shape index (κ2) is 6.14. The van der Waals surface area contributed by atoms with E-state index in [1.807, 2.05) is 30.3 Å². The molecule has 19 heavy (non-hydrogen) atoms. The van der Waals surface area contributed by atoms with E-state index in [2.05, 4.69) is 0 Å². The van der Waals surface area contributed by atoms with Crippen LogP contribution in [0.15, 0.2) is 54.6 Å². The molecule has 1 atom stereocenters. The molecule has 0 bridgehead atoms. The van der Waals surface area contributed by atoms with E-state index in [1.165, 1.54) is 19.2 Å². The van der Waals surface area contributed by atoms with Crippen LogP contribution >= 0.6 is 0 Å². The number of esters is 1. The Balaban J connectivity index is 2.24. The van der Waals surface area contributed by atoms with Gasteiger partial charge in [-0.3, -0.25) is 4.79 Å². The zero-order valence-corrected chi connectivity index (χ0v) is 10.7. The number of hydrogen-bond donors (Lipinski definition) is 0. The van der Waals surface area contributed by atoms with Gasteiger partial charge < -0.3 is 4.74 Å². The van der Waals surface area contributed by atoms with Crippen LogP contribution in [0.1, 0.15) is 17.0 Å². The number of methoxy groups -OCH3 is 1. The summed E-state index contributed by atoms with van der Waals surface area (Å²) in [6.07, 6.45) is 0.497. The molecule has 0 aliphatic heterocycles. The Bertz CT molecular complexity index is 534. The highest BCUT2D eigenvalue weighted by Gasteiger charge is 2.21. The van der Waals surface area contributed by atoms with E-state index in [-0.39, 0.29) is 17.7 Å². The van der Waals surface area contributed by atoms with Crippen LogP contribution in [0.25, 0.3) is 0 Å². The van der Waals surface area contributed by atoms with Crippen molar-refractivity contribution in [3.05, 3.63) is 71.5 Å². The maximum atomic E-state index is 12.9. The van der Waals surface area contributed by atoms with Crippen LogP contribution in [0.4, 0.5) is 4.39 Å². The number of halogens is 1. The summed E-state index contributed by atoms with van der Waals surface area (Å²) in [7, 11) is 1.38. The Morgan fingerprint density at radius 1 is 1.11 bits per heavy atom. The minimum atomic E-state index is -0.364. The summed E-state index contributed by atoms with van der Waals surface area (Å²) >= 11 is 0. The minimum absolute atomic E-state index is 0.280. The van der Waals surface area contributed by atoms with E-state index < -0.39 is 0 Å². The summed E-state index contributed by atoms with van der Waals surface area (Å²) in [5.74, 6) is -0.926. The maximum absolute atomic E-state index is 12.9. The van der Waals surface area contributed by atoms with E-state index >= 15 is 0 Å². The Kier molecular flexibility index (Phi) is 4.29. The molecular formula is C16H15FO2. The Morgan fingerprint density at radius 3 is 2.32 bits per heavy atom. The molecule has 2 nitrogen and oxygen atoms in total. The lowest BCUT2D eigenvalue weighted by atomic mass is 9.92. The molecule has 98 valence electrons. The molecular weight excluding hydrogens is 243 g/mol. The fourth-order valence-electron chi connectivity index (χ4n) is 2.02. The van der Waals surface area contributed by atoms with Crippen LogP contribution < -0.4 is 0 Å². The topological polar surface area (TPSA) is 26.3 Å². The SMILES string of the molecule is COC(=O)[C@@H](Cc1ccc(F)cc1)c1ccccc1. The standard InChI is InChI=1S/C16H15FO2/c1-19-16(18)15(13-5-3-2-4-6-13)11-12-7-9-14(17)10-8-12/h2-10,15H,11H2,1H3/t15-/m0/s1. The Hall–Kier alpha value is -2.16. The molecule has 2 aromatic rings. The quantitative estimate of drug-likeness (QED) is 0.786. The van der Waals surface area contributed by atoms with Crippen molar-refractivity contribution in [2.75, 3.05) is 7.11 Å². The van der Waals surface area contributed by atoms with Crippen molar-refractivity contribution in [3.8, 4) is 0 Å². The number of benzene rings is 2. The van der Waals surface area contributed by atoms with Crippen LogP contribution in [0.5, 0.6) is 0 Å². The van der Waals surface area contributed by atoms with Crippen LogP contribution in [-0.4, -0.2) is 13.1 Å². The molecule has 2 rings (SSSR count). The number of rotatable bonds is 4. The third kappa shape index (κ3) is 3.41. The molecule has 0 radical (unpaired) electrons. The average Bonchev–Trinajstić information content (AvgIpc) is 2.47. The summed E-state index contributed by atoms with van der Waals surface area (Å²) in [5.41, 5.74) is 1.80. The van der Waals surface area contributed by atoms with Gasteiger partial charge in [0.15, 0.2) is 0 Å². The lowest BCUT2D eigenvalue weighted by Gasteiger charge is -2.15. The molecule has 0 fully saturated rings. The van der Waals surface area contributed by atoms with Gasteiger partial charge in [0, 0.05) is 0 Å². The van der Waals surface area contributed by atoms with Gasteiger partial charge in [-0.15, -0.1) is 0 Å². The minimum Gasteiger partial charge on any atom is -0.469 e. The van der Waals surface area contributed by atoms with E-state index in [1.54, 1.807) is 12.1 Å². The van der Waals surface area contributed by atoms with Crippen LogP contribution in [0, 0.1) is 5.82 Å². The first kappa shape index (κ1) is 13.3. The second-order valence-electron chi connectivity index (χ2n) is 4.32. The van der Waals surface area contributed by atoms with E-state index in [0.717, 1.165) is 11.1 Å².